The predicted molar refractivity (Wildman–Crippen MR) is 181 cm³/mol. The molecule has 0 aliphatic heterocycles. The molecule has 0 bridgehead atoms. The van der Waals surface area contributed by atoms with Crippen molar-refractivity contribution in [3.63, 3.8) is 0 Å². The molecule has 0 spiro atoms. The Bertz CT molecular complexity index is 979. The van der Waals surface area contributed by atoms with Gasteiger partial charge in [0.05, 0.1) is 22.9 Å². The van der Waals surface area contributed by atoms with E-state index >= 15 is 0 Å². The molecule has 0 saturated heterocycles. The second kappa shape index (κ2) is 24.6. The van der Waals surface area contributed by atoms with E-state index in [2.05, 4.69) is 22.1 Å². The molecule has 0 unspecified atom stereocenters. The summed E-state index contributed by atoms with van der Waals surface area (Å²) < 4.78 is 0. The van der Waals surface area contributed by atoms with E-state index in [0.717, 1.165) is 18.7 Å². The smallest absolute Gasteiger partial charge is 0.269 e. The van der Waals surface area contributed by atoms with Crippen LogP contribution in [0.1, 0.15) is 135 Å². The molecule has 2 rings (SSSR count). The van der Waals surface area contributed by atoms with Crippen LogP contribution in [0, 0.1) is 10.1 Å². The lowest BCUT2D eigenvalue weighted by molar-refractivity contribution is -0.384. The molecule has 43 heavy (non-hydrogen) atoms. The van der Waals surface area contributed by atoms with Crippen LogP contribution in [0.3, 0.4) is 0 Å². The van der Waals surface area contributed by atoms with Crippen molar-refractivity contribution in [1.29, 1.82) is 0 Å². The van der Waals surface area contributed by atoms with Gasteiger partial charge in [0.1, 0.15) is 0 Å². The molecule has 0 aliphatic rings. The number of aliphatic hydroxyl groups is 1. The first-order valence-corrected chi connectivity index (χ1v) is 17.3. The van der Waals surface area contributed by atoms with Crippen molar-refractivity contribution >= 4 is 22.7 Å². The van der Waals surface area contributed by atoms with Crippen molar-refractivity contribution in [3.05, 3.63) is 58.6 Å². The molecule has 2 aromatic rings. The number of nitrogens with zero attached hydrogens (tertiary/aromatic N) is 4. The Balaban J connectivity index is 1.48. The zero-order valence-corrected chi connectivity index (χ0v) is 26.9. The predicted octanol–water partition coefficient (Wildman–Crippen LogP) is 11.6. The minimum absolute atomic E-state index is 0.0347. The topological polar surface area (TPSA) is 91.3 Å². The molecule has 0 aliphatic carbocycles. The molecule has 7 heteroatoms. The molecule has 7 nitrogen and oxygen atoms in total. The second-order valence-corrected chi connectivity index (χ2v) is 11.9. The van der Waals surface area contributed by atoms with E-state index in [-0.39, 0.29) is 12.3 Å². The Morgan fingerprint density at radius 2 is 0.953 bits per heavy atom. The number of non-ortho nitro benzene ring substituents is 1. The first-order valence-electron chi connectivity index (χ1n) is 17.3. The average molecular weight is 595 g/mol. The summed E-state index contributed by atoms with van der Waals surface area (Å²) >= 11 is 0. The van der Waals surface area contributed by atoms with Gasteiger partial charge >= 0.3 is 0 Å². The van der Waals surface area contributed by atoms with Gasteiger partial charge in [-0.05, 0) is 42.8 Å². The fraction of sp³-hybridized carbons (Fsp3) is 0.667. The summed E-state index contributed by atoms with van der Waals surface area (Å²) in [5.41, 5.74) is 2.38. The molecule has 0 heterocycles. The quantitative estimate of drug-likeness (QED) is 0.0482. The third kappa shape index (κ3) is 17.8. The van der Waals surface area contributed by atoms with Gasteiger partial charge in [-0.2, -0.15) is 10.2 Å². The Hall–Kier alpha value is -2.80. The summed E-state index contributed by atoms with van der Waals surface area (Å²) in [5, 5.41) is 28.8. The number of benzene rings is 2. The van der Waals surface area contributed by atoms with Crippen LogP contribution in [-0.2, 0) is 0 Å². The van der Waals surface area contributed by atoms with Gasteiger partial charge in [0, 0.05) is 30.9 Å². The fourth-order valence-corrected chi connectivity index (χ4v) is 5.54. The highest BCUT2D eigenvalue weighted by Crippen LogP contribution is 2.24. The highest BCUT2D eigenvalue weighted by Gasteiger charge is 2.07. The van der Waals surface area contributed by atoms with Gasteiger partial charge in [-0.3, -0.25) is 10.1 Å². The average Bonchev–Trinajstić information content (AvgIpc) is 3.02. The van der Waals surface area contributed by atoms with Crippen LogP contribution < -0.4 is 4.90 Å². The fourth-order valence-electron chi connectivity index (χ4n) is 5.54. The van der Waals surface area contributed by atoms with Crippen LogP contribution in [0.15, 0.2) is 58.8 Å². The second-order valence-electron chi connectivity index (χ2n) is 11.9. The summed E-state index contributed by atoms with van der Waals surface area (Å²) in [6.45, 7) is 3.96. The Morgan fingerprint density at radius 1 is 0.581 bits per heavy atom. The lowest BCUT2D eigenvalue weighted by Crippen LogP contribution is -2.27. The highest BCUT2D eigenvalue weighted by atomic mass is 16.6. The van der Waals surface area contributed by atoms with Crippen LogP contribution in [0.2, 0.25) is 0 Å². The van der Waals surface area contributed by atoms with E-state index in [4.69, 9.17) is 0 Å². The number of azo groups is 1. The molecule has 240 valence electrons. The molecular formula is C36H58N4O3. The van der Waals surface area contributed by atoms with E-state index in [0.29, 0.717) is 17.9 Å². The lowest BCUT2D eigenvalue weighted by atomic mass is 10.0. The van der Waals surface area contributed by atoms with Gasteiger partial charge < -0.3 is 10.0 Å². The summed E-state index contributed by atoms with van der Waals surface area (Å²) in [4.78, 5) is 12.6. The van der Waals surface area contributed by atoms with E-state index in [1.807, 2.05) is 24.3 Å². The zero-order chi connectivity index (χ0) is 30.8. The highest BCUT2D eigenvalue weighted by molar-refractivity contribution is 5.53. The Labute approximate surface area is 261 Å². The van der Waals surface area contributed by atoms with Gasteiger partial charge in [-0.1, -0.05) is 129 Å². The molecule has 0 fully saturated rings. The van der Waals surface area contributed by atoms with Crippen molar-refractivity contribution in [2.24, 2.45) is 10.2 Å². The number of hydrogen-bond donors (Lipinski definition) is 1. The first kappa shape index (κ1) is 36.4. The molecular weight excluding hydrogens is 536 g/mol. The standard InChI is InChI=1S/C36H58N4O3/c1-2-3-4-5-6-7-8-9-10-11-12-13-14-15-16-17-18-19-20-21-30-39(31-32-41)35-26-22-33(23-27-35)37-38-34-24-28-36(29-25-34)40(42)43/h22-29,41H,2-21,30-32H2,1H3/b38-37+. The molecule has 0 aromatic heterocycles. The number of nitro groups is 1. The molecule has 1 N–H and O–H groups in total. The van der Waals surface area contributed by atoms with Crippen LogP contribution >= 0.6 is 0 Å². The summed E-state index contributed by atoms with van der Waals surface area (Å²) in [6.07, 6.45) is 27.6. The summed E-state index contributed by atoms with van der Waals surface area (Å²) in [5.74, 6) is 0. The van der Waals surface area contributed by atoms with Crippen molar-refractivity contribution in [2.45, 2.75) is 135 Å². The maximum absolute atomic E-state index is 10.8. The van der Waals surface area contributed by atoms with Gasteiger partial charge in [-0.25, -0.2) is 0 Å². The third-order valence-electron chi connectivity index (χ3n) is 8.21. The van der Waals surface area contributed by atoms with Gasteiger partial charge in [0.25, 0.3) is 5.69 Å². The minimum atomic E-state index is -0.431. The minimum Gasteiger partial charge on any atom is -0.395 e. The van der Waals surface area contributed by atoms with Gasteiger partial charge in [-0.15, -0.1) is 0 Å². The maximum Gasteiger partial charge on any atom is 0.269 e. The SMILES string of the molecule is CCCCCCCCCCCCCCCCCCCCCCN(CCO)c1ccc(/N=N/c2ccc([N+](=O)[O-])cc2)cc1. The number of unbranched alkanes of at least 4 members (excludes halogenated alkanes) is 19. The Morgan fingerprint density at radius 3 is 1.33 bits per heavy atom. The van der Waals surface area contributed by atoms with Crippen LogP contribution in [-0.4, -0.2) is 29.7 Å². The molecule has 0 atom stereocenters. The molecule has 0 amide bonds. The van der Waals surface area contributed by atoms with Crippen molar-refractivity contribution in [1.82, 2.24) is 0 Å². The monoisotopic (exact) mass is 594 g/mol. The molecule has 2 aromatic carbocycles. The number of hydrogen-bond acceptors (Lipinski definition) is 6. The van der Waals surface area contributed by atoms with E-state index in [9.17, 15) is 15.2 Å². The van der Waals surface area contributed by atoms with Crippen molar-refractivity contribution in [3.8, 4) is 0 Å². The summed E-state index contributed by atoms with van der Waals surface area (Å²) in [6, 6.07) is 13.8. The van der Waals surface area contributed by atoms with E-state index in [1.165, 1.54) is 134 Å². The van der Waals surface area contributed by atoms with Crippen molar-refractivity contribution in [2.75, 3.05) is 24.6 Å². The summed E-state index contributed by atoms with van der Waals surface area (Å²) in [7, 11) is 0. The van der Waals surface area contributed by atoms with Crippen LogP contribution in [0.4, 0.5) is 22.7 Å². The lowest BCUT2D eigenvalue weighted by Gasteiger charge is -2.24. The number of anilines is 1. The number of aliphatic hydroxyl groups excluding tert-OH is 1. The largest absolute Gasteiger partial charge is 0.395 e. The first-order chi connectivity index (χ1) is 21.1. The molecule has 0 radical (unpaired) electrons. The molecule has 0 saturated carbocycles. The Kier molecular flexibility index (Phi) is 20.8. The van der Waals surface area contributed by atoms with Gasteiger partial charge in [0.2, 0.25) is 0 Å². The van der Waals surface area contributed by atoms with E-state index < -0.39 is 4.92 Å². The van der Waals surface area contributed by atoms with Gasteiger partial charge in [0.15, 0.2) is 0 Å². The normalized spacial score (nSPS) is 11.4. The van der Waals surface area contributed by atoms with Crippen LogP contribution in [0.5, 0.6) is 0 Å². The van der Waals surface area contributed by atoms with Crippen molar-refractivity contribution < 1.29 is 10.0 Å². The number of nitro benzene ring substituents is 1. The third-order valence-corrected chi connectivity index (χ3v) is 8.21. The van der Waals surface area contributed by atoms with Crippen LogP contribution in [0.25, 0.3) is 0 Å². The number of rotatable bonds is 27. The zero-order valence-electron chi connectivity index (χ0n) is 26.9. The maximum atomic E-state index is 10.8. The van der Waals surface area contributed by atoms with E-state index in [1.54, 1.807) is 12.1 Å².